The Morgan fingerprint density at radius 1 is 1.73 bits per heavy atom. The maximum Gasteiger partial charge on any atom is 0.317 e. The van der Waals surface area contributed by atoms with Gasteiger partial charge in [-0.25, -0.2) is 0 Å². The molecule has 0 radical (unpaired) electrons. The van der Waals surface area contributed by atoms with Crippen molar-refractivity contribution >= 4 is 5.97 Å². The second-order valence-electron chi connectivity index (χ2n) is 2.42. The molecule has 0 aromatic heterocycles. The third kappa shape index (κ3) is 5.61. The van der Waals surface area contributed by atoms with Crippen molar-refractivity contribution in [3.63, 3.8) is 0 Å². The molecule has 0 aliphatic rings. The molecule has 64 valence electrons. The molecule has 0 bridgehead atoms. The lowest BCUT2D eigenvalue weighted by Gasteiger charge is -2.16. The van der Waals surface area contributed by atoms with E-state index in [-0.39, 0.29) is 6.54 Å². The standard InChI is InChI=1S/C8H15NO2/c1-3-5-9(6-4-2)7-8(10)11/h3H,1,4-7H2,2H3,(H,10,11). The largest absolute Gasteiger partial charge is 0.480 e. The minimum absolute atomic E-state index is 0.111. The molecule has 0 aromatic rings. The van der Waals surface area contributed by atoms with E-state index in [1.165, 1.54) is 0 Å². The summed E-state index contributed by atoms with van der Waals surface area (Å²) in [5.74, 6) is -0.777. The topological polar surface area (TPSA) is 40.5 Å². The summed E-state index contributed by atoms with van der Waals surface area (Å²) < 4.78 is 0. The fraction of sp³-hybridized carbons (Fsp3) is 0.625. The van der Waals surface area contributed by atoms with Crippen LogP contribution in [0.15, 0.2) is 12.7 Å². The fourth-order valence-corrected chi connectivity index (χ4v) is 0.925. The lowest BCUT2D eigenvalue weighted by Crippen LogP contribution is -2.30. The number of carbonyl (C=O) groups is 1. The number of nitrogens with zero attached hydrogens (tertiary/aromatic N) is 1. The van der Waals surface area contributed by atoms with Gasteiger partial charge in [0.2, 0.25) is 0 Å². The van der Waals surface area contributed by atoms with E-state index >= 15 is 0 Å². The fourth-order valence-electron chi connectivity index (χ4n) is 0.925. The lowest BCUT2D eigenvalue weighted by molar-refractivity contribution is -0.138. The van der Waals surface area contributed by atoms with Crippen LogP contribution in [0.4, 0.5) is 0 Å². The highest BCUT2D eigenvalue weighted by Gasteiger charge is 2.05. The molecule has 0 amide bonds. The van der Waals surface area contributed by atoms with Crippen LogP contribution in [0.5, 0.6) is 0 Å². The number of rotatable bonds is 6. The van der Waals surface area contributed by atoms with Gasteiger partial charge in [-0.2, -0.15) is 0 Å². The third-order valence-electron chi connectivity index (χ3n) is 1.29. The van der Waals surface area contributed by atoms with E-state index in [4.69, 9.17) is 5.11 Å². The van der Waals surface area contributed by atoms with Gasteiger partial charge in [-0.3, -0.25) is 9.69 Å². The maximum absolute atomic E-state index is 10.3. The molecule has 0 atom stereocenters. The minimum atomic E-state index is -0.777. The molecule has 0 rings (SSSR count). The van der Waals surface area contributed by atoms with Crippen LogP contribution < -0.4 is 0 Å². The minimum Gasteiger partial charge on any atom is -0.480 e. The van der Waals surface area contributed by atoms with Gasteiger partial charge in [0.05, 0.1) is 6.54 Å². The van der Waals surface area contributed by atoms with Crippen molar-refractivity contribution in [2.24, 2.45) is 0 Å². The second kappa shape index (κ2) is 5.92. The Labute approximate surface area is 67.3 Å². The zero-order valence-corrected chi connectivity index (χ0v) is 6.92. The number of carboxylic acid groups (broad SMARTS) is 1. The van der Waals surface area contributed by atoms with E-state index in [9.17, 15) is 4.79 Å². The highest BCUT2D eigenvalue weighted by molar-refractivity contribution is 5.69. The van der Waals surface area contributed by atoms with Crippen molar-refractivity contribution in [2.75, 3.05) is 19.6 Å². The molecule has 3 heteroatoms. The van der Waals surface area contributed by atoms with Crippen LogP contribution in [0, 0.1) is 0 Å². The summed E-state index contributed by atoms with van der Waals surface area (Å²) in [5.41, 5.74) is 0. The van der Waals surface area contributed by atoms with Crippen LogP contribution in [0.3, 0.4) is 0 Å². The number of hydrogen-bond donors (Lipinski definition) is 1. The van der Waals surface area contributed by atoms with E-state index in [0.717, 1.165) is 13.0 Å². The Bertz CT molecular complexity index is 134. The van der Waals surface area contributed by atoms with E-state index in [0.29, 0.717) is 6.54 Å². The van der Waals surface area contributed by atoms with Crippen LogP contribution in [-0.4, -0.2) is 35.6 Å². The first kappa shape index (κ1) is 10.2. The van der Waals surface area contributed by atoms with Gasteiger partial charge in [-0.1, -0.05) is 13.0 Å². The van der Waals surface area contributed by atoms with Gasteiger partial charge < -0.3 is 5.11 Å². The Kier molecular flexibility index (Phi) is 5.47. The van der Waals surface area contributed by atoms with Crippen LogP contribution in [0.25, 0.3) is 0 Å². The summed E-state index contributed by atoms with van der Waals surface area (Å²) in [7, 11) is 0. The Balaban J connectivity index is 3.67. The van der Waals surface area contributed by atoms with Gasteiger partial charge in [0.15, 0.2) is 0 Å². The van der Waals surface area contributed by atoms with Gasteiger partial charge in [0.25, 0.3) is 0 Å². The first-order valence-electron chi connectivity index (χ1n) is 3.75. The van der Waals surface area contributed by atoms with Crippen LogP contribution in [0.2, 0.25) is 0 Å². The zero-order valence-electron chi connectivity index (χ0n) is 6.92. The van der Waals surface area contributed by atoms with Crippen molar-refractivity contribution in [3.8, 4) is 0 Å². The van der Waals surface area contributed by atoms with Crippen molar-refractivity contribution in [3.05, 3.63) is 12.7 Å². The highest BCUT2D eigenvalue weighted by atomic mass is 16.4. The zero-order chi connectivity index (χ0) is 8.69. The van der Waals surface area contributed by atoms with E-state index in [1.807, 2.05) is 11.8 Å². The molecule has 0 fully saturated rings. The first-order valence-corrected chi connectivity index (χ1v) is 3.75. The normalized spacial score (nSPS) is 10.0. The molecule has 0 aromatic carbocycles. The predicted octanol–water partition coefficient (Wildman–Crippen LogP) is 0.969. The molecule has 0 unspecified atom stereocenters. The third-order valence-corrected chi connectivity index (χ3v) is 1.29. The van der Waals surface area contributed by atoms with Crippen LogP contribution >= 0.6 is 0 Å². The quantitative estimate of drug-likeness (QED) is 0.584. The van der Waals surface area contributed by atoms with Crippen LogP contribution in [0.1, 0.15) is 13.3 Å². The van der Waals surface area contributed by atoms with E-state index in [2.05, 4.69) is 6.58 Å². The monoisotopic (exact) mass is 157 g/mol. The molecule has 3 nitrogen and oxygen atoms in total. The van der Waals surface area contributed by atoms with Gasteiger partial charge in [0, 0.05) is 6.54 Å². The Morgan fingerprint density at radius 2 is 2.36 bits per heavy atom. The van der Waals surface area contributed by atoms with Gasteiger partial charge in [-0.15, -0.1) is 6.58 Å². The highest BCUT2D eigenvalue weighted by Crippen LogP contribution is 1.90. The Morgan fingerprint density at radius 3 is 2.73 bits per heavy atom. The predicted molar refractivity (Wildman–Crippen MR) is 44.6 cm³/mol. The van der Waals surface area contributed by atoms with Crippen molar-refractivity contribution in [2.45, 2.75) is 13.3 Å². The second-order valence-corrected chi connectivity index (χ2v) is 2.42. The SMILES string of the molecule is C=CCN(CCC)CC(=O)O. The van der Waals surface area contributed by atoms with Crippen molar-refractivity contribution in [1.82, 2.24) is 4.90 Å². The van der Waals surface area contributed by atoms with Crippen molar-refractivity contribution < 1.29 is 9.90 Å². The van der Waals surface area contributed by atoms with Gasteiger partial charge >= 0.3 is 5.97 Å². The average Bonchev–Trinajstić information content (AvgIpc) is 1.87. The maximum atomic E-state index is 10.3. The number of carboxylic acids is 1. The molecular formula is C8H15NO2. The summed E-state index contributed by atoms with van der Waals surface area (Å²) >= 11 is 0. The summed E-state index contributed by atoms with van der Waals surface area (Å²) in [4.78, 5) is 12.1. The summed E-state index contributed by atoms with van der Waals surface area (Å²) in [6, 6.07) is 0. The molecule has 0 heterocycles. The lowest BCUT2D eigenvalue weighted by atomic mass is 10.4. The smallest absolute Gasteiger partial charge is 0.317 e. The van der Waals surface area contributed by atoms with Crippen molar-refractivity contribution in [1.29, 1.82) is 0 Å². The van der Waals surface area contributed by atoms with Crippen LogP contribution in [-0.2, 0) is 4.79 Å². The first-order chi connectivity index (χ1) is 5.20. The molecule has 0 saturated carbocycles. The van der Waals surface area contributed by atoms with Gasteiger partial charge in [-0.05, 0) is 13.0 Å². The summed E-state index contributed by atoms with van der Waals surface area (Å²) in [5, 5.41) is 8.46. The molecule has 0 saturated heterocycles. The number of aliphatic carboxylic acids is 1. The molecule has 0 aliphatic heterocycles. The number of hydrogen-bond acceptors (Lipinski definition) is 2. The molecule has 11 heavy (non-hydrogen) atoms. The molecule has 1 N–H and O–H groups in total. The Hall–Kier alpha value is -0.830. The average molecular weight is 157 g/mol. The summed E-state index contributed by atoms with van der Waals surface area (Å²) in [6.45, 7) is 7.16. The molecule has 0 aliphatic carbocycles. The van der Waals surface area contributed by atoms with E-state index < -0.39 is 5.97 Å². The molecule has 0 spiro atoms. The molecular weight excluding hydrogens is 142 g/mol. The van der Waals surface area contributed by atoms with E-state index in [1.54, 1.807) is 6.08 Å². The summed E-state index contributed by atoms with van der Waals surface area (Å²) in [6.07, 6.45) is 2.69. The van der Waals surface area contributed by atoms with Gasteiger partial charge in [0.1, 0.15) is 0 Å².